The van der Waals surface area contributed by atoms with Crippen LogP contribution in [0.5, 0.6) is 0 Å². The number of hydrogen-bond acceptors (Lipinski definition) is 4. The number of nitrogens with zero attached hydrogens (tertiary/aromatic N) is 3. The molecule has 0 saturated heterocycles. The van der Waals surface area contributed by atoms with Gasteiger partial charge in [-0.15, -0.1) is 0 Å². The molecule has 18 heavy (non-hydrogen) atoms. The van der Waals surface area contributed by atoms with Crippen LogP contribution in [0.1, 0.15) is 12.0 Å². The largest absolute Gasteiger partial charge is 0.368 e. The molecule has 94 valence electrons. The first-order chi connectivity index (χ1) is 8.63. The molecule has 1 amide bonds. The summed E-state index contributed by atoms with van der Waals surface area (Å²) < 4.78 is 1.62. The van der Waals surface area contributed by atoms with Crippen LogP contribution in [0, 0.1) is 0 Å². The van der Waals surface area contributed by atoms with E-state index in [0.29, 0.717) is 18.5 Å². The standard InChI is InChI=1S/C12H15N5O/c13-11(18)12(14,10-4-2-1-3-5-10)6-7-17-9-15-8-16-17/h1-5,8-9H,6-7,14H2,(H2,13,18). The van der Waals surface area contributed by atoms with E-state index in [9.17, 15) is 4.79 Å². The molecule has 1 atom stereocenters. The third-order valence-electron chi connectivity index (χ3n) is 2.93. The Morgan fingerprint density at radius 3 is 2.61 bits per heavy atom. The zero-order valence-electron chi connectivity index (χ0n) is 9.86. The van der Waals surface area contributed by atoms with E-state index in [-0.39, 0.29) is 0 Å². The quantitative estimate of drug-likeness (QED) is 0.774. The first kappa shape index (κ1) is 12.3. The number of primary amides is 1. The Morgan fingerprint density at radius 1 is 1.33 bits per heavy atom. The molecule has 2 aromatic rings. The molecule has 0 saturated carbocycles. The van der Waals surface area contributed by atoms with E-state index in [4.69, 9.17) is 11.5 Å². The highest BCUT2D eigenvalue weighted by molar-refractivity contribution is 5.85. The molecule has 0 radical (unpaired) electrons. The van der Waals surface area contributed by atoms with Crippen LogP contribution >= 0.6 is 0 Å². The van der Waals surface area contributed by atoms with E-state index in [0.717, 1.165) is 0 Å². The van der Waals surface area contributed by atoms with Gasteiger partial charge in [-0.05, 0) is 12.0 Å². The van der Waals surface area contributed by atoms with Crippen LogP contribution in [0.2, 0.25) is 0 Å². The number of aromatic nitrogens is 3. The summed E-state index contributed by atoms with van der Waals surface area (Å²) in [6, 6.07) is 9.12. The molecule has 1 unspecified atom stereocenters. The highest BCUT2D eigenvalue weighted by atomic mass is 16.1. The lowest BCUT2D eigenvalue weighted by molar-refractivity contribution is -0.123. The first-order valence-corrected chi connectivity index (χ1v) is 5.59. The summed E-state index contributed by atoms with van der Waals surface area (Å²) in [5, 5.41) is 3.97. The van der Waals surface area contributed by atoms with Gasteiger partial charge in [0.05, 0.1) is 0 Å². The Kier molecular flexibility index (Phi) is 3.38. The lowest BCUT2D eigenvalue weighted by Gasteiger charge is -2.26. The maximum absolute atomic E-state index is 11.6. The fourth-order valence-electron chi connectivity index (χ4n) is 1.78. The van der Waals surface area contributed by atoms with Crippen LogP contribution in [0.15, 0.2) is 43.0 Å². The highest BCUT2D eigenvalue weighted by Gasteiger charge is 2.33. The Labute approximate surface area is 105 Å². The second-order valence-electron chi connectivity index (χ2n) is 4.11. The minimum Gasteiger partial charge on any atom is -0.368 e. The molecule has 1 heterocycles. The summed E-state index contributed by atoms with van der Waals surface area (Å²) in [4.78, 5) is 15.5. The minimum absolute atomic E-state index is 0.371. The predicted molar refractivity (Wildman–Crippen MR) is 66.1 cm³/mol. The van der Waals surface area contributed by atoms with E-state index in [1.54, 1.807) is 23.1 Å². The number of amides is 1. The van der Waals surface area contributed by atoms with Gasteiger partial charge in [0.15, 0.2) is 0 Å². The van der Waals surface area contributed by atoms with E-state index >= 15 is 0 Å². The van der Waals surface area contributed by atoms with E-state index in [2.05, 4.69) is 10.1 Å². The van der Waals surface area contributed by atoms with Crippen molar-refractivity contribution in [2.24, 2.45) is 11.5 Å². The van der Waals surface area contributed by atoms with Gasteiger partial charge < -0.3 is 11.5 Å². The van der Waals surface area contributed by atoms with Crippen molar-refractivity contribution in [3.05, 3.63) is 48.5 Å². The minimum atomic E-state index is -1.19. The Bertz CT molecular complexity index is 511. The summed E-state index contributed by atoms with van der Waals surface area (Å²) in [6.07, 6.45) is 3.38. The van der Waals surface area contributed by atoms with Crippen molar-refractivity contribution in [2.45, 2.75) is 18.5 Å². The molecular weight excluding hydrogens is 230 g/mol. The second kappa shape index (κ2) is 4.97. The average molecular weight is 245 g/mol. The third kappa shape index (κ3) is 2.38. The lowest BCUT2D eigenvalue weighted by atomic mass is 9.87. The van der Waals surface area contributed by atoms with Crippen molar-refractivity contribution < 1.29 is 4.79 Å². The Balaban J connectivity index is 2.20. The van der Waals surface area contributed by atoms with Gasteiger partial charge in [0.1, 0.15) is 18.2 Å². The van der Waals surface area contributed by atoms with E-state index in [1.807, 2.05) is 18.2 Å². The predicted octanol–water partition coefficient (Wildman–Crippen LogP) is 0.00770. The topological polar surface area (TPSA) is 99.8 Å². The van der Waals surface area contributed by atoms with Gasteiger partial charge >= 0.3 is 0 Å². The lowest BCUT2D eigenvalue weighted by Crippen LogP contribution is -2.49. The van der Waals surface area contributed by atoms with E-state index < -0.39 is 11.4 Å². The molecule has 1 aromatic carbocycles. The highest BCUT2D eigenvalue weighted by Crippen LogP contribution is 2.22. The number of carbonyl (C=O) groups excluding carboxylic acids is 1. The zero-order chi connectivity index (χ0) is 13.0. The summed E-state index contributed by atoms with van der Waals surface area (Å²) in [7, 11) is 0. The van der Waals surface area contributed by atoms with Crippen molar-refractivity contribution >= 4 is 5.91 Å². The number of hydrogen-bond donors (Lipinski definition) is 2. The SMILES string of the molecule is NC(=O)C(N)(CCn1cncn1)c1ccccc1. The fraction of sp³-hybridized carbons (Fsp3) is 0.250. The van der Waals surface area contributed by atoms with Gasteiger partial charge in [0, 0.05) is 6.54 Å². The summed E-state index contributed by atoms with van der Waals surface area (Å²) >= 11 is 0. The van der Waals surface area contributed by atoms with Crippen molar-refractivity contribution in [1.82, 2.24) is 14.8 Å². The van der Waals surface area contributed by atoms with Crippen molar-refractivity contribution in [3.8, 4) is 0 Å². The average Bonchev–Trinajstić information content (AvgIpc) is 2.90. The van der Waals surface area contributed by atoms with Crippen molar-refractivity contribution in [3.63, 3.8) is 0 Å². The maximum Gasteiger partial charge on any atom is 0.242 e. The molecule has 4 N–H and O–H groups in total. The Morgan fingerprint density at radius 2 is 2.06 bits per heavy atom. The molecule has 0 bridgehead atoms. The molecule has 0 aliphatic rings. The number of rotatable bonds is 5. The molecule has 0 fully saturated rings. The Hall–Kier alpha value is -2.21. The monoisotopic (exact) mass is 245 g/mol. The van der Waals surface area contributed by atoms with Crippen LogP contribution in [0.4, 0.5) is 0 Å². The van der Waals surface area contributed by atoms with Gasteiger partial charge in [-0.2, -0.15) is 5.10 Å². The van der Waals surface area contributed by atoms with Crippen molar-refractivity contribution in [2.75, 3.05) is 0 Å². The molecule has 2 rings (SSSR count). The van der Waals surface area contributed by atoms with Gasteiger partial charge in [-0.1, -0.05) is 30.3 Å². The fourth-order valence-corrected chi connectivity index (χ4v) is 1.78. The second-order valence-corrected chi connectivity index (χ2v) is 4.11. The van der Waals surface area contributed by atoms with Crippen LogP contribution in [0.3, 0.4) is 0 Å². The number of benzene rings is 1. The summed E-state index contributed by atoms with van der Waals surface area (Å²) in [6.45, 7) is 0.480. The molecule has 0 aliphatic carbocycles. The van der Waals surface area contributed by atoms with Crippen molar-refractivity contribution in [1.29, 1.82) is 0 Å². The summed E-state index contributed by atoms with van der Waals surface area (Å²) in [5.74, 6) is -0.547. The molecule has 6 heteroatoms. The molecule has 1 aromatic heterocycles. The third-order valence-corrected chi connectivity index (χ3v) is 2.93. The molecular formula is C12H15N5O. The van der Waals surface area contributed by atoms with Gasteiger partial charge in [0.2, 0.25) is 5.91 Å². The maximum atomic E-state index is 11.6. The molecule has 6 nitrogen and oxygen atoms in total. The van der Waals surface area contributed by atoms with Gasteiger partial charge in [0.25, 0.3) is 0 Å². The molecule has 0 aliphatic heterocycles. The normalized spacial score (nSPS) is 14.1. The van der Waals surface area contributed by atoms with Crippen LogP contribution in [-0.2, 0) is 16.9 Å². The summed E-state index contributed by atoms with van der Waals surface area (Å²) in [5.41, 5.74) is 11.1. The number of carbonyl (C=O) groups is 1. The number of aryl methyl sites for hydroxylation is 1. The zero-order valence-corrected chi connectivity index (χ0v) is 9.86. The van der Waals surface area contributed by atoms with Gasteiger partial charge in [-0.3, -0.25) is 9.48 Å². The van der Waals surface area contributed by atoms with E-state index in [1.165, 1.54) is 6.33 Å². The van der Waals surface area contributed by atoms with Crippen LogP contribution in [-0.4, -0.2) is 20.7 Å². The molecule has 0 spiro atoms. The number of nitrogens with two attached hydrogens (primary N) is 2. The van der Waals surface area contributed by atoms with Crippen LogP contribution in [0.25, 0.3) is 0 Å². The van der Waals surface area contributed by atoms with Crippen LogP contribution < -0.4 is 11.5 Å². The smallest absolute Gasteiger partial charge is 0.242 e. The van der Waals surface area contributed by atoms with Gasteiger partial charge in [-0.25, -0.2) is 4.98 Å². The first-order valence-electron chi connectivity index (χ1n) is 5.59.